The van der Waals surface area contributed by atoms with Gasteiger partial charge in [0, 0.05) is 36.1 Å². The molecule has 2 radical (unpaired) electrons. The molecule has 1 aliphatic heterocycles. The van der Waals surface area contributed by atoms with E-state index in [1.54, 1.807) is 0 Å². The van der Waals surface area contributed by atoms with E-state index in [9.17, 15) is 0 Å². The van der Waals surface area contributed by atoms with Crippen LogP contribution in [0.15, 0.2) is 231 Å². The van der Waals surface area contributed by atoms with Crippen molar-refractivity contribution in [2.75, 3.05) is 9.80 Å². The van der Waals surface area contributed by atoms with Gasteiger partial charge in [-0.05, 0) is 168 Å². The molecule has 0 aromatic heterocycles. The predicted molar refractivity (Wildman–Crippen MR) is 445 cm³/mol. The Morgan fingerprint density at radius 2 is 0.330 bits per heavy atom. The highest BCUT2D eigenvalue weighted by molar-refractivity contribution is 5.78. The van der Waals surface area contributed by atoms with Gasteiger partial charge in [-0.25, -0.2) is 0 Å². The summed E-state index contributed by atoms with van der Waals surface area (Å²) in [6.45, 7) is 64.7. The second-order valence-corrected chi connectivity index (χ2v) is 38.4. The maximum absolute atomic E-state index is 4.34. The summed E-state index contributed by atoms with van der Waals surface area (Å²) < 4.78 is 0. The fraction of sp³-hybridized carbons (Fsp3) is 0.376. The molecule has 2 heteroatoms. The molecule has 0 N–H and O–H groups in total. The summed E-state index contributed by atoms with van der Waals surface area (Å²) in [4.78, 5) is 4.79. The third-order valence-corrected chi connectivity index (χ3v) is 21.8. The normalized spacial score (nSPS) is 13.8. The van der Waals surface area contributed by atoms with E-state index in [1.165, 1.54) is 122 Å². The molecule has 0 saturated heterocycles. The van der Waals surface area contributed by atoms with E-state index in [0.29, 0.717) is 0 Å². The predicted octanol–water partition coefficient (Wildman–Crippen LogP) is 27.2. The molecule has 0 atom stereocenters. The molecular formula is C101H120N2. The molecule has 0 aliphatic carbocycles. The summed E-state index contributed by atoms with van der Waals surface area (Å²) in [5.41, 5.74) is 29.8. The number of aryl methyl sites for hydroxylation is 2. The van der Waals surface area contributed by atoms with Crippen molar-refractivity contribution in [2.45, 2.75) is 247 Å². The van der Waals surface area contributed by atoms with Gasteiger partial charge in [-0.15, -0.1) is 0 Å². The SMILES string of the molecule is Cc1cc(C(c2ccc(C(C)(C)C)cc2)c2ccc(C(C)(C)C)cc2)c(N2[C]N(c3c(C(c4ccc(C(C)(C)C)cc4)c4ccc(C(C)(C)C)cc4)cc(C)cc3C(c3ccc(C(C)(C)C)cc3)c3ccc(C(C)(C)C)cc3)C=C2)c(C(c2ccc(C(C)(C)C)cc2)c2ccc(C(C)(C)C)cc2)c1. The first-order chi connectivity index (χ1) is 47.9. The zero-order valence-electron chi connectivity index (χ0n) is 67.6. The molecule has 10 aromatic rings. The number of hydrogen-bond donors (Lipinski definition) is 0. The van der Waals surface area contributed by atoms with Crippen LogP contribution < -0.4 is 9.80 Å². The molecule has 1 heterocycles. The van der Waals surface area contributed by atoms with E-state index in [0.717, 1.165) is 11.4 Å². The van der Waals surface area contributed by atoms with Crippen LogP contribution in [0.25, 0.3) is 0 Å². The summed E-state index contributed by atoms with van der Waals surface area (Å²) in [7, 11) is 0. The molecule has 0 unspecified atom stereocenters. The van der Waals surface area contributed by atoms with Crippen LogP contribution in [0.2, 0.25) is 0 Å². The van der Waals surface area contributed by atoms with Gasteiger partial charge in [0.05, 0.1) is 11.4 Å². The second kappa shape index (κ2) is 28.2. The zero-order chi connectivity index (χ0) is 74.9. The Bertz CT molecular complexity index is 3780. The topological polar surface area (TPSA) is 6.48 Å². The van der Waals surface area contributed by atoms with Crippen LogP contribution in [0.4, 0.5) is 11.4 Å². The summed E-state index contributed by atoms with van der Waals surface area (Å²) in [6, 6.07) is 86.7. The third kappa shape index (κ3) is 16.7. The number of hydrogen-bond acceptors (Lipinski definition) is 2. The molecule has 103 heavy (non-hydrogen) atoms. The lowest BCUT2D eigenvalue weighted by molar-refractivity contribution is 0.589. The molecule has 0 fully saturated rings. The van der Waals surface area contributed by atoms with E-state index >= 15 is 0 Å². The molecule has 11 rings (SSSR count). The van der Waals surface area contributed by atoms with Gasteiger partial charge in [0.25, 0.3) is 0 Å². The maximum atomic E-state index is 4.34. The molecule has 1 aliphatic rings. The Labute approximate surface area is 624 Å². The van der Waals surface area contributed by atoms with E-state index in [4.69, 9.17) is 0 Å². The average Bonchev–Trinajstić information content (AvgIpc) is 1.73. The van der Waals surface area contributed by atoms with Gasteiger partial charge in [0.2, 0.25) is 6.67 Å². The van der Waals surface area contributed by atoms with Crippen LogP contribution in [0.5, 0.6) is 0 Å². The zero-order valence-corrected chi connectivity index (χ0v) is 67.6. The molecule has 10 aromatic carbocycles. The van der Waals surface area contributed by atoms with Crippen molar-refractivity contribution in [1.29, 1.82) is 0 Å². The minimum absolute atomic E-state index is 0.0285. The Kier molecular flexibility index (Phi) is 20.7. The van der Waals surface area contributed by atoms with Crippen LogP contribution in [0, 0.1) is 20.5 Å². The van der Waals surface area contributed by atoms with Crippen LogP contribution in [-0.4, -0.2) is 0 Å². The lowest BCUT2D eigenvalue weighted by Crippen LogP contribution is -2.25. The lowest BCUT2D eigenvalue weighted by atomic mass is 9.76. The minimum Gasteiger partial charge on any atom is -0.314 e. The highest BCUT2D eigenvalue weighted by Crippen LogP contribution is 2.52. The van der Waals surface area contributed by atoms with Crippen molar-refractivity contribution in [3.8, 4) is 0 Å². The Balaban J connectivity index is 1.25. The van der Waals surface area contributed by atoms with Gasteiger partial charge < -0.3 is 9.80 Å². The smallest absolute Gasteiger partial charge is 0.217 e. The van der Waals surface area contributed by atoms with Gasteiger partial charge in [-0.3, -0.25) is 0 Å². The number of nitrogens with zero attached hydrogens (tertiary/aromatic N) is 2. The molecular weight excluding hydrogens is 1240 g/mol. The highest BCUT2D eigenvalue weighted by atomic mass is 15.3. The van der Waals surface area contributed by atoms with Crippen molar-refractivity contribution in [2.24, 2.45) is 0 Å². The fourth-order valence-corrected chi connectivity index (χ4v) is 15.3. The van der Waals surface area contributed by atoms with E-state index in [-0.39, 0.29) is 67.0 Å². The van der Waals surface area contributed by atoms with Crippen molar-refractivity contribution < 1.29 is 0 Å². The first-order valence-electron chi connectivity index (χ1n) is 38.1. The van der Waals surface area contributed by atoms with Crippen LogP contribution in [0.1, 0.15) is 312 Å². The van der Waals surface area contributed by atoms with Gasteiger partial charge in [-0.2, -0.15) is 0 Å². The second-order valence-electron chi connectivity index (χ2n) is 38.4. The average molecular weight is 1360 g/mol. The molecule has 0 spiro atoms. The third-order valence-electron chi connectivity index (χ3n) is 21.8. The molecule has 2 nitrogen and oxygen atoms in total. The summed E-state index contributed by atoms with van der Waals surface area (Å²) in [5.74, 6) is -0.698. The van der Waals surface area contributed by atoms with Crippen molar-refractivity contribution in [1.82, 2.24) is 0 Å². The van der Waals surface area contributed by atoms with Gasteiger partial charge in [0.15, 0.2) is 0 Å². The van der Waals surface area contributed by atoms with Crippen LogP contribution >= 0.6 is 0 Å². The minimum atomic E-state index is -0.174. The van der Waals surface area contributed by atoms with Gasteiger partial charge >= 0.3 is 0 Å². The summed E-state index contributed by atoms with van der Waals surface area (Å²) in [5, 5.41) is 0. The Morgan fingerprint density at radius 1 is 0.204 bits per heavy atom. The monoisotopic (exact) mass is 1360 g/mol. The van der Waals surface area contributed by atoms with Crippen LogP contribution in [-0.2, 0) is 43.3 Å². The van der Waals surface area contributed by atoms with Gasteiger partial charge in [0.1, 0.15) is 0 Å². The standard InChI is InChI=1S/C101H120N2/c1-66-61-84(88(68-27-43-76(44-28-68)94(3,4)5)69-29-45-77(46-30-69)95(6,7)8)92(85(62-66)89(70-31-47-78(48-32-70)96(9,10)11)71-33-49-79(50-34-71)97(12,13)14)102-59-60-103(65-102)93-86(90(72-35-51-80(52-36-72)98(15,16)17)73-37-53-81(54-38-73)99(18,19)20)63-67(2)64-87(93)91(74-39-55-82(56-40-74)100(21,22)23)75-41-57-83(58-42-75)101(24,25)26/h27-64,88-91H,1-26H3. The maximum Gasteiger partial charge on any atom is 0.217 e. The summed E-state index contributed by atoms with van der Waals surface area (Å²) in [6.07, 6.45) is 4.65. The first kappa shape index (κ1) is 75.7. The Hall–Kier alpha value is -8.46. The summed E-state index contributed by atoms with van der Waals surface area (Å²) >= 11 is 0. The molecule has 0 saturated carbocycles. The number of rotatable bonds is 14. The molecule has 0 amide bonds. The molecule has 534 valence electrons. The van der Waals surface area contributed by atoms with E-state index < -0.39 is 0 Å². The van der Waals surface area contributed by atoms with Crippen molar-refractivity contribution in [3.05, 3.63) is 360 Å². The van der Waals surface area contributed by atoms with E-state index in [1.807, 2.05) is 0 Å². The van der Waals surface area contributed by atoms with E-state index in [2.05, 4.69) is 427 Å². The van der Waals surface area contributed by atoms with Gasteiger partial charge in [-0.1, -0.05) is 396 Å². The number of benzene rings is 10. The largest absolute Gasteiger partial charge is 0.314 e. The highest BCUT2D eigenvalue weighted by Gasteiger charge is 2.38. The molecule has 0 bridgehead atoms. The lowest BCUT2D eigenvalue weighted by Gasteiger charge is -2.35. The quantitative estimate of drug-likeness (QED) is 0.100. The first-order valence-corrected chi connectivity index (χ1v) is 38.1. The fourth-order valence-electron chi connectivity index (χ4n) is 15.3. The van der Waals surface area contributed by atoms with Crippen molar-refractivity contribution >= 4 is 11.4 Å². The van der Waals surface area contributed by atoms with Crippen LogP contribution in [0.3, 0.4) is 0 Å². The Morgan fingerprint density at radius 3 is 0.447 bits per heavy atom. The van der Waals surface area contributed by atoms with Crippen molar-refractivity contribution in [3.63, 3.8) is 0 Å². The number of anilines is 2.